The number of sulfonamides is 1. The minimum Gasteiger partial charge on any atom is -0.383 e. The van der Waals surface area contributed by atoms with Gasteiger partial charge in [-0.15, -0.1) is 0 Å². The number of rotatable bonds is 8. The van der Waals surface area contributed by atoms with Crippen LogP contribution in [-0.2, 0) is 21.3 Å². The van der Waals surface area contributed by atoms with Gasteiger partial charge in [0.05, 0.1) is 24.5 Å². The minimum absolute atomic E-state index is 0.0933. The summed E-state index contributed by atoms with van der Waals surface area (Å²) in [5.41, 5.74) is 0.986. The van der Waals surface area contributed by atoms with Crippen molar-refractivity contribution in [2.24, 2.45) is 0 Å². The quantitative estimate of drug-likeness (QED) is 0.708. The molecule has 0 aliphatic rings. The Kier molecular flexibility index (Phi) is 5.69. The van der Waals surface area contributed by atoms with Crippen molar-refractivity contribution < 1.29 is 22.1 Å². The summed E-state index contributed by atoms with van der Waals surface area (Å²) in [6, 6.07) is 5.23. The van der Waals surface area contributed by atoms with Gasteiger partial charge in [-0.05, 0) is 25.1 Å². The molecule has 0 saturated carbocycles. The maximum Gasteiger partial charge on any atom is 0.242 e. The molecule has 0 bridgehead atoms. The van der Waals surface area contributed by atoms with Crippen molar-refractivity contribution >= 4 is 15.7 Å². The number of nitrogens with one attached hydrogen (secondary N) is 2. The van der Waals surface area contributed by atoms with Crippen LogP contribution in [0.3, 0.4) is 0 Å². The molecule has 0 amide bonds. The standard InChI is InChI=1S/C14H18FN3O4S/c1-10-7-12(22-18-10)9-16-13-4-3-11(15)8-14(13)23(19,20)17-5-6-21-2/h3-4,7-8,16-17H,5-6,9H2,1-2H3. The van der Waals surface area contributed by atoms with Gasteiger partial charge in [0, 0.05) is 19.7 Å². The normalized spacial score (nSPS) is 11.6. The summed E-state index contributed by atoms with van der Waals surface area (Å²) in [5, 5.41) is 6.66. The zero-order valence-electron chi connectivity index (χ0n) is 12.8. The summed E-state index contributed by atoms with van der Waals surface area (Å²) in [5.74, 6) is -0.0966. The fourth-order valence-corrected chi connectivity index (χ4v) is 3.11. The van der Waals surface area contributed by atoms with E-state index in [-0.39, 0.29) is 30.3 Å². The van der Waals surface area contributed by atoms with E-state index < -0.39 is 15.8 Å². The van der Waals surface area contributed by atoms with Crippen LogP contribution in [-0.4, -0.2) is 33.8 Å². The number of halogens is 1. The monoisotopic (exact) mass is 343 g/mol. The first-order chi connectivity index (χ1) is 10.9. The number of anilines is 1. The zero-order chi connectivity index (χ0) is 16.9. The molecule has 23 heavy (non-hydrogen) atoms. The van der Waals surface area contributed by atoms with Crippen LogP contribution in [0, 0.1) is 12.7 Å². The summed E-state index contributed by atoms with van der Waals surface area (Å²) in [4.78, 5) is -0.176. The highest BCUT2D eigenvalue weighted by molar-refractivity contribution is 7.89. The fraction of sp³-hybridized carbons (Fsp3) is 0.357. The van der Waals surface area contributed by atoms with Crippen molar-refractivity contribution in [2.45, 2.75) is 18.4 Å². The molecule has 0 fully saturated rings. The highest BCUT2D eigenvalue weighted by atomic mass is 32.2. The molecule has 0 aliphatic carbocycles. The Balaban J connectivity index is 2.19. The molecule has 2 N–H and O–H groups in total. The molecule has 1 heterocycles. The first-order valence-corrected chi connectivity index (χ1v) is 8.35. The summed E-state index contributed by atoms with van der Waals surface area (Å²) >= 11 is 0. The molecule has 0 radical (unpaired) electrons. The summed E-state index contributed by atoms with van der Waals surface area (Å²) in [7, 11) is -2.40. The molecule has 0 spiro atoms. The van der Waals surface area contributed by atoms with Crippen molar-refractivity contribution in [1.82, 2.24) is 9.88 Å². The van der Waals surface area contributed by atoms with E-state index in [1.54, 1.807) is 13.0 Å². The van der Waals surface area contributed by atoms with E-state index in [1.165, 1.54) is 19.2 Å². The van der Waals surface area contributed by atoms with Crippen molar-refractivity contribution in [2.75, 3.05) is 25.6 Å². The van der Waals surface area contributed by atoms with Gasteiger partial charge in [-0.3, -0.25) is 0 Å². The van der Waals surface area contributed by atoms with Crippen LogP contribution in [0.2, 0.25) is 0 Å². The number of ether oxygens (including phenoxy) is 1. The molecular formula is C14H18FN3O4S. The molecule has 1 aromatic heterocycles. The van der Waals surface area contributed by atoms with E-state index in [1.807, 2.05) is 0 Å². The summed E-state index contributed by atoms with van der Waals surface area (Å²) in [6.45, 7) is 2.32. The molecule has 126 valence electrons. The lowest BCUT2D eigenvalue weighted by Gasteiger charge is -2.12. The highest BCUT2D eigenvalue weighted by Crippen LogP contribution is 2.23. The second-order valence-corrected chi connectivity index (χ2v) is 6.55. The van der Waals surface area contributed by atoms with Gasteiger partial charge in [-0.25, -0.2) is 17.5 Å². The van der Waals surface area contributed by atoms with Gasteiger partial charge in [0.2, 0.25) is 10.0 Å². The van der Waals surface area contributed by atoms with Crippen molar-refractivity contribution in [3.05, 3.63) is 41.5 Å². The van der Waals surface area contributed by atoms with E-state index >= 15 is 0 Å². The van der Waals surface area contributed by atoms with E-state index in [2.05, 4.69) is 15.2 Å². The second kappa shape index (κ2) is 7.53. The lowest BCUT2D eigenvalue weighted by molar-refractivity contribution is 0.204. The Morgan fingerprint density at radius 3 is 2.78 bits per heavy atom. The average Bonchev–Trinajstić information content (AvgIpc) is 2.91. The molecule has 0 saturated heterocycles. The maximum absolute atomic E-state index is 13.5. The topological polar surface area (TPSA) is 93.5 Å². The third-order valence-electron chi connectivity index (χ3n) is 2.96. The number of aromatic nitrogens is 1. The largest absolute Gasteiger partial charge is 0.383 e. The number of hydrogen-bond acceptors (Lipinski definition) is 6. The van der Waals surface area contributed by atoms with Crippen LogP contribution in [0.5, 0.6) is 0 Å². The molecule has 2 aromatic rings. The average molecular weight is 343 g/mol. The van der Waals surface area contributed by atoms with Crippen LogP contribution in [0.15, 0.2) is 33.7 Å². The molecular weight excluding hydrogens is 325 g/mol. The lowest BCUT2D eigenvalue weighted by Crippen LogP contribution is -2.28. The predicted molar refractivity (Wildman–Crippen MR) is 82.0 cm³/mol. The van der Waals surface area contributed by atoms with Gasteiger partial charge >= 0.3 is 0 Å². The van der Waals surface area contributed by atoms with E-state index in [9.17, 15) is 12.8 Å². The zero-order valence-corrected chi connectivity index (χ0v) is 13.6. The molecule has 1 aromatic carbocycles. The van der Waals surface area contributed by atoms with Crippen molar-refractivity contribution in [1.29, 1.82) is 0 Å². The molecule has 0 unspecified atom stereocenters. The van der Waals surface area contributed by atoms with Gasteiger partial charge in [0.15, 0.2) is 5.76 Å². The van der Waals surface area contributed by atoms with E-state index in [4.69, 9.17) is 9.26 Å². The first-order valence-electron chi connectivity index (χ1n) is 6.86. The van der Waals surface area contributed by atoms with Gasteiger partial charge in [0.1, 0.15) is 10.7 Å². The van der Waals surface area contributed by atoms with Crippen LogP contribution in [0.4, 0.5) is 10.1 Å². The van der Waals surface area contributed by atoms with Crippen LogP contribution < -0.4 is 10.0 Å². The predicted octanol–water partition coefficient (Wildman–Crippen LogP) is 1.66. The fourth-order valence-electron chi connectivity index (χ4n) is 1.90. The maximum atomic E-state index is 13.5. The lowest BCUT2D eigenvalue weighted by atomic mass is 10.3. The van der Waals surface area contributed by atoms with Crippen molar-refractivity contribution in [3.63, 3.8) is 0 Å². The minimum atomic E-state index is -3.86. The summed E-state index contributed by atoms with van der Waals surface area (Å²) in [6.07, 6.45) is 0. The SMILES string of the molecule is COCCNS(=O)(=O)c1cc(F)ccc1NCc1cc(C)no1. The van der Waals surface area contributed by atoms with Gasteiger partial charge in [-0.2, -0.15) is 0 Å². The Hall–Kier alpha value is -1.97. The molecule has 9 heteroatoms. The Morgan fingerprint density at radius 1 is 1.35 bits per heavy atom. The number of benzene rings is 1. The highest BCUT2D eigenvalue weighted by Gasteiger charge is 2.19. The van der Waals surface area contributed by atoms with Gasteiger partial charge < -0.3 is 14.6 Å². The summed E-state index contributed by atoms with van der Waals surface area (Å²) < 4.78 is 50.2. The number of aryl methyl sites for hydroxylation is 1. The van der Waals surface area contributed by atoms with E-state index in [0.717, 1.165) is 11.8 Å². The number of hydrogen-bond donors (Lipinski definition) is 2. The van der Waals surface area contributed by atoms with Crippen LogP contribution in [0.25, 0.3) is 0 Å². The number of nitrogens with zero attached hydrogens (tertiary/aromatic N) is 1. The van der Waals surface area contributed by atoms with Crippen LogP contribution in [0.1, 0.15) is 11.5 Å². The van der Waals surface area contributed by atoms with Gasteiger partial charge in [-0.1, -0.05) is 5.16 Å². The third-order valence-corrected chi connectivity index (χ3v) is 4.46. The van der Waals surface area contributed by atoms with Crippen molar-refractivity contribution in [3.8, 4) is 0 Å². The molecule has 2 rings (SSSR count). The Bertz CT molecular complexity index is 761. The Morgan fingerprint density at radius 2 is 2.13 bits per heavy atom. The van der Waals surface area contributed by atoms with Crippen LogP contribution >= 0.6 is 0 Å². The Labute approximate surface area is 133 Å². The smallest absolute Gasteiger partial charge is 0.242 e. The first kappa shape index (κ1) is 17.4. The van der Waals surface area contributed by atoms with E-state index in [0.29, 0.717) is 5.76 Å². The molecule has 0 aliphatic heterocycles. The third kappa shape index (κ3) is 4.75. The molecule has 7 nitrogen and oxygen atoms in total. The van der Waals surface area contributed by atoms with Gasteiger partial charge in [0.25, 0.3) is 0 Å². The number of methoxy groups -OCH3 is 1. The second-order valence-electron chi connectivity index (χ2n) is 4.82. The molecule has 0 atom stereocenters.